The molecule has 10 heteroatoms. The van der Waals surface area contributed by atoms with Crippen molar-refractivity contribution in [3.8, 4) is 0 Å². The molecule has 1 saturated heterocycles. The van der Waals surface area contributed by atoms with Crippen molar-refractivity contribution in [2.75, 3.05) is 26.8 Å². The van der Waals surface area contributed by atoms with Gasteiger partial charge in [-0.05, 0) is 43.9 Å². The summed E-state index contributed by atoms with van der Waals surface area (Å²) in [6.45, 7) is 1.50. The maximum absolute atomic E-state index is 13.0. The molecule has 1 aromatic carbocycles. The summed E-state index contributed by atoms with van der Waals surface area (Å²) in [6, 6.07) is 4.64. The van der Waals surface area contributed by atoms with Gasteiger partial charge in [0.1, 0.15) is 5.82 Å². The predicted molar refractivity (Wildman–Crippen MR) is 106 cm³/mol. The average Bonchev–Trinajstić information content (AvgIpc) is 3.54. The maximum Gasteiger partial charge on any atom is 0.416 e. The molecule has 1 saturated carbocycles. The highest BCUT2D eigenvalue weighted by atomic mass is 19.4. The van der Waals surface area contributed by atoms with E-state index in [9.17, 15) is 22.8 Å². The summed E-state index contributed by atoms with van der Waals surface area (Å²) in [5.41, 5.74) is -0.997. The van der Waals surface area contributed by atoms with E-state index in [4.69, 9.17) is 4.74 Å². The van der Waals surface area contributed by atoms with E-state index in [1.807, 2.05) is 0 Å². The monoisotopic (exact) mass is 438 g/mol. The molecule has 0 N–H and O–H groups in total. The molecule has 2 aliphatic rings. The molecule has 0 bridgehead atoms. The number of alkyl halides is 3. The molecule has 1 amide bonds. The molecule has 1 atom stereocenters. The van der Waals surface area contributed by atoms with Gasteiger partial charge in [0, 0.05) is 37.7 Å². The number of amides is 1. The number of piperidine rings is 1. The highest BCUT2D eigenvalue weighted by Gasteiger charge is 2.36. The van der Waals surface area contributed by atoms with E-state index in [2.05, 4.69) is 5.10 Å². The molecular weight excluding hydrogens is 413 g/mol. The van der Waals surface area contributed by atoms with Gasteiger partial charge in [0.15, 0.2) is 0 Å². The van der Waals surface area contributed by atoms with Gasteiger partial charge in [-0.25, -0.2) is 9.48 Å². The van der Waals surface area contributed by atoms with E-state index in [0.29, 0.717) is 38.5 Å². The molecule has 2 fully saturated rings. The Morgan fingerprint density at radius 2 is 2.03 bits per heavy atom. The molecule has 0 radical (unpaired) electrons. The second-order valence-electron chi connectivity index (χ2n) is 8.13. The summed E-state index contributed by atoms with van der Waals surface area (Å²) in [5.74, 6) is 0.0840. The van der Waals surface area contributed by atoms with Crippen LogP contribution in [0.25, 0.3) is 0 Å². The molecule has 4 rings (SSSR count). The number of methoxy groups -OCH3 is 1. The van der Waals surface area contributed by atoms with Gasteiger partial charge >= 0.3 is 11.9 Å². The Kier molecular flexibility index (Phi) is 5.92. The minimum absolute atomic E-state index is 0.0145. The minimum Gasteiger partial charge on any atom is -0.383 e. The van der Waals surface area contributed by atoms with Gasteiger partial charge in [0.05, 0.1) is 18.7 Å². The Labute approximate surface area is 177 Å². The van der Waals surface area contributed by atoms with Crippen LogP contribution in [0.15, 0.2) is 29.1 Å². The molecule has 168 valence electrons. The first-order chi connectivity index (χ1) is 14.8. The van der Waals surface area contributed by atoms with Crippen molar-refractivity contribution in [2.45, 2.75) is 50.4 Å². The Morgan fingerprint density at radius 3 is 2.71 bits per heavy atom. The van der Waals surface area contributed by atoms with Crippen molar-refractivity contribution in [3.05, 3.63) is 51.7 Å². The summed E-state index contributed by atoms with van der Waals surface area (Å²) < 4.78 is 47.3. The van der Waals surface area contributed by atoms with Gasteiger partial charge in [0.25, 0.3) is 5.91 Å². The van der Waals surface area contributed by atoms with Crippen molar-refractivity contribution in [1.29, 1.82) is 0 Å². The van der Waals surface area contributed by atoms with Crippen molar-refractivity contribution in [2.24, 2.45) is 0 Å². The Morgan fingerprint density at radius 1 is 1.26 bits per heavy atom. The summed E-state index contributed by atoms with van der Waals surface area (Å²) in [4.78, 5) is 27.3. The van der Waals surface area contributed by atoms with Crippen LogP contribution in [-0.4, -0.2) is 52.0 Å². The fraction of sp³-hybridized carbons (Fsp3) is 0.571. The van der Waals surface area contributed by atoms with Crippen LogP contribution in [-0.2, 0) is 17.5 Å². The number of benzene rings is 1. The third-order valence-corrected chi connectivity index (χ3v) is 5.83. The molecule has 1 aliphatic heterocycles. The normalized spacial score (nSPS) is 19.6. The van der Waals surface area contributed by atoms with Gasteiger partial charge < -0.3 is 9.64 Å². The smallest absolute Gasteiger partial charge is 0.383 e. The maximum atomic E-state index is 13.0. The third-order valence-electron chi connectivity index (χ3n) is 5.83. The number of ether oxygens (including phenoxy) is 1. The van der Waals surface area contributed by atoms with E-state index in [0.717, 1.165) is 31.4 Å². The van der Waals surface area contributed by atoms with Crippen LogP contribution in [0.4, 0.5) is 13.2 Å². The van der Waals surface area contributed by atoms with Gasteiger partial charge in [-0.2, -0.15) is 18.3 Å². The number of halogens is 3. The first-order valence-electron chi connectivity index (χ1n) is 10.4. The zero-order chi connectivity index (χ0) is 22.2. The highest BCUT2D eigenvalue weighted by Crippen LogP contribution is 2.37. The van der Waals surface area contributed by atoms with Crippen LogP contribution in [0.5, 0.6) is 0 Å². The number of hydrogen-bond donors (Lipinski definition) is 0. The number of carbonyl (C=O) groups excluding carboxylic acids is 1. The predicted octanol–water partition coefficient (Wildman–Crippen LogP) is 3.06. The van der Waals surface area contributed by atoms with Crippen LogP contribution in [0.2, 0.25) is 0 Å². The fourth-order valence-electron chi connectivity index (χ4n) is 4.10. The van der Waals surface area contributed by atoms with Crippen LogP contribution in [0.1, 0.15) is 59.4 Å². The lowest BCUT2D eigenvalue weighted by atomic mass is 9.96. The first-order valence-corrected chi connectivity index (χ1v) is 10.4. The van der Waals surface area contributed by atoms with Crippen LogP contribution in [0.3, 0.4) is 0 Å². The van der Waals surface area contributed by atoms with Crippen molar-refractivity contribution >= 4 is 5.91 Å². The zero-order valence-electron chi connectivity index (χ0n) is 17.3. The summed E-state index contributed by atoms with van der Waals surface area (Å²) >= 11 is 0. The van der Waals surface area contributed by atoms with E-state index in [1.165, 1.54) is 16.8 Å². The van der Waals surface area contributed by atoms with Crippen LogP contribution < -0.4 is 5.69 Å². The number of aromatic nitrogens is 3. The highest BCUT2D eigenvalue weighted by molar-refractivity contribution is 5.94. The van der Waals surface area contributed by atoms with Crippen molar-refractivity contribution in [1.82, 2.24) is 19.2 Å². The molecule has 31 heavy (non-hydrogen) atoms. The van der Waals surface area contributed by atoms with Gasteiger partial charge in [-0.3, -0.25) is 9.36 Å². The van der Waals surface area contributed by atoms with E-state index >= 15 is 0 Å². The molecule has 1 unspecified atom stereocenters. The summed E-state index contributed by atoms with van der Waals surface area (Å²) in [5, 5.41) is 4.55. The van der Waals surface area contributed by atoms with Crippen molar-refractivity contribution < 1.29 is 22.7 Å². The molecular formula is C21H25F3N4O3. The van der Waals surface area contributed by atoms with E-state index in [-0.39, 0.29) is 23.2 Å². The molecule has 7 nitrogen and oxygen atoms in total. The Hall–Kier alpha value is -2.62. The molecule has 1 aromatic heterocycles. The zero-order valence-corrected chi connectivity index (χ0v) is 17.3. The van der Waals surface area contributed by atoms with E-state index < -0.39 is 17.6 Å². The molecule has 0 spiro atoms. The lowest BCUT2D eigenvalue weighted by Gasteiger charge is -2.32. The largest absolute Gasteiger partial charge is 0.416 e. The van der Waals surface area contributed by atoms with Crippen LogP contribution in [0, 0.1) is 0 Å². The number of nitrogens with zero attached hydrogens (tertiary/aromatic N) is 4. The Bertz CT molecular complexity index is 1010. The average molecular weight is 438 g/mol. The fourth-order valence-corrected chi connectivity index (χ4v) is 4.10. The van der Waals surface area contributed by atoms with Crippen molar-refractivity contribution in [3.63, 3.8) is 0 Å². The summed E-state index contributed by atoms with van der Waals surface area (Å²) in [6.07, 6.45) is -1.21. The number of likely N-dealkylation sites (tertiary alicyclic amines) is 1. The first kappa shape index (κ1) is 21.6. The second-order valence-corrected chi connectivity index (χ2v) is 8.13. The quantitative estimate of drug-likeness (QED) is 0.695. The molecule has 2 heterocycles. The second kappa shape index (κ2) is 8.49. The van der Waals surface area contributed by atoms with E-state index in [1.54, 1.807) is 16.6 Å². The van der Waals surface area contributed by atoms with Gasteiger partial charge in [-0.1, -0.05) is 6.07 Å². The number of hydrogen-bond acceptors (Lipinski definition) is 4. The SMILES string of the molecule is COCCn1nc(C2CCCN(C(=O)c3cccc(C(F)(F)F)c3)C2)n(C2CC2)c1=O. The third kappa shape index (κ3) is 4.53. The lowest BCUT2D eigenvalue weighted by Crippen LogP contribution is -2.40. The minimum atomic E-state index is -4.50. The topological polar surface area (TPSA) is 69.4 Å². The van der Waals surface area contributed by atoms with Gasteiger partial charge in [0.2, 0.25) is 0 Å². The number of carbonyl (C=O) groups is 1. The van der Waals surface area contributed by atoms with Gasteiger partial charge in [-0.15, -0.1) is 0 Å². The number of rotatable bonds is 6. The lowest BCUT2D eigenvalue weighted by molar-refractivity contribution is -0.137. The van der Waals surface area contributed by atoms with Crippen LogP contribution >= 0.6 is 0 Å². The molecule has 2 aromatic rings. The standard InChI is InChI=1S/C21H25F3N4O3/c1-31-11-10-27-20(30)28(17-7-8-17)18(25-27)15-5-3-9-26(13-15)19(29)14-4-2-6-16(12-14)21(22,23)24/h2,4,6,12,15,17H,3,5,7-11,13H2,1H3. The summed E-state index contributed by atoms with van der Waals surface area (Å²) in [7, 11) is 1.56. The Balaban J connectivity index is 1.57. The molecule has 1 aliphatic carbocycles.